The molecule has 48 valence electrons. The first-order valence-corrected chi connectivity index (χ1v) is 2.30. The van der Waals surface area contributed by atoms with Crippen LogP contribution in [-0.2, 0) is 9.47 Å². The van der Waals surface area contributed by atoms with Crippen LogP contribution in [-0.4, -0.2) is 13.9 Å². The standard InChI is InChI=1S/C5H11NO2/c1-5(6)3-8-4-7-2/h3H,4,6H2,1-2H3/b5-3-. The van der Waals surface area contributed by atoms with Crippen molar-refractivity contribution in [2.75, 3.05) is 13.9 Å². The average Bonchev–Trinajstić information content (AvgIpc) is 1.66. The van der Waals surface area contributed by atoms with Crippen molar-refractivity contribution >= 4 is 0 Å². The molecular weight excluding hydrogens is 106 g/mol. The van der Waals surface area contributed by atoms with Gasteiger partial charge in [-0.15, -0.1) is 0 Å². The number of hydrogen-bond acceptors (Lipinski definition) is 3. The Balaban J connectivity index is 3.03. The van der Waals surface area contributed by atoms with Gasteiger partial charge in [-0.25, -0.2) is 0 Å². The maximum absolute atomic E-state index is 5.21. The van der Waals surface area contributed by atoms with Gasteiger partial charge >= 0.3 is 0 Å². The van der Waals surface area contributed by atoms with Gasteiger partial charge < -0.3 is 15.2 Å². The Labute approximate surface area is 49.1 Å². The van der Waals surface area contributed by atoms with Crippen LogP contribution in [0.4, 0.5) is 0 Å². The van der Waals surface area contributed by atoms with E-state index in [9.17, 15) is 0 Å². The summed E-state index contributed by atoms with van der Waals surface area (Å²) in [6.45, 7) is 2.00. The molecule has 0 saturated carbocycles. The quantitative estimate of drug-likeness (QED) is 0.331. The van der Waals surface area contributed by atoms with Gasteiger partial charge in [0.2, 0.25) is 0 Å². The van der Waals surface area contributed by atoms with Gasteiger partial charge in [0.25, 0.3) is 0 Å². The van der Waals surface area contributed by atoms with Crippen molar-refractivity contribution in [2.45, 2.75) is 6.92 Å². The van der Waals surface area contributed by atoms with E-state index in [0.29, 0.717) is 5.70 Å². The first kappa shape index (κ1) is 7.30. The minimum absolute atomic E-state index is 0.258. The van der Waals surface area contributed by atoms with Crippen molar-refractivity contribution in [1.29, 1.82) is 0 Å². The Morgan fingerprint density at radius 3 is 2.75 bits per heavy atom. The third kappa shape index (κ3) is 5.30. The molecule has 0 saturated heterocycles. The van der Waals surface area contributed by atoms with E-state index in [4.69, 9.17) is 10.5 Å². The van der Waals surface area contributed by atoms with Crippen LogP contribution in [0, 0.1) is 0 Å². The molecule has 2 N–H and O–H groups in total. The minimum Gasteiger partial charge on any atom is -0.473 e. The molecule has 0 fully saturated rings. The van der Waals surface area contributed by atoms with Crippen molar-refractivity contribution in [3.05, 3.63) is 12.0 Å². The van der Waals surface area contributed by atoms with Crippen LogP contribution in [0.25, 0.3) is 0 Å². The minimum atomic E-state index is 0.258. The van der Waals surface area contributed by atoms with E-state index in [-0.39, 0.29) is 6.79 Å². The molecule has 0 aromatic heterocycles. The highest BCUT2D eigenvalue weighted by molar-refractivity contribution is 4.83. The van der Waals surface area contributed by atoms with E-state index >= 15 is 0 Å². The highest BCUT2D eigenvalue weighted by Gasteiger charge is 1.75. The second-order valence-corrected chi connectivity index (χ2v) is 1.44. The highest BCUT2D eigenvalue weighted by atomic mass is 16.7. The Bertz CT molecular complexity index is 76.5. The van der Waals surface area contributed by atoms with Gasteiger partial charge in [-0.05, 0) is 6.92 Å². The summed E-state index contributed by atoms with van der Waals surface area (Å²) in [5.74, 6) is 0. The van der Waals surface area contributed by atoms with Crippen molar-refractivity contribution in [3.8, 4) is 0 Å². The summed E-state index contributed by atoms with van der Waals surface area (Å²) in [6, 6.07) is 0. The summed E-state index contributed by atoms with van der Waals surface area (Å²) < 4.78 is 9.30. The molecule has 0 bridgehead atoms. The maximum Gasteiger partial charge on any atom is 0.187 e. The van der Waals surface area contributed by atoms with Crippen LogP contribution in [0.15, 0.2) is 12.0 Å². The third-order valence-corrected chi connectivity index (χ3v) is 0.455. The normalized spacial score (nSPS) is 11.5. The zero-order valence-corrected chi connectivity index (χ0v) is 5.18. The Kier molecular flexibility index (Phi) is 4.07. The highest BCUT2D eigenvalue weighted by Crippen LogP contribution is 1.81. The van der Waals surface area contributed by atoms with Gasteiger partial charge in [0.15, 0.2) is 6.79 Å². The van der Waals surface area contributed by atoms with Crippen LogP contribution in [0.1, 0.15) is 6.92 Å². The van der Waals surface area contributed by atoms with Crippen LogP contribution in [0.2, 0.25) is 0 Å². The van der Waals surface area contributed by atoms with Crippen molar-refractivity contribution in [3.63, 3.8) is 0 Å². The van der Waals surface area contributed by atoms with E-state index in [1.807, 2.05) is 0 Å². The third-order valence-electron chi connectivity index (χ3n) is 0.455. The molecule has 8 heavy (non-hydrogen) atoms. The lowest BCUT2D eigenvalue weighted by Crippen LogP contribution is -1.94. The summed E-state index contributed by atoms with van der Waals surface area (Å²) in [5.41, 5.74) is 5.85. The number of hydrogen-bond donors (Lipinski definition) is 1. The van der Waals surface area contributed by atoms with Gasteiger partial charge in [-0.2, -0.15) is 0 Å². The lowest BCUT2D eigenvalue weighted by Gasteiger charge is -1.96. The van der Waals surface area contributed by atoms with Crippen LogP contribution in [0.5, 0.6) is 0 Å². The first-order valence-electron chi connectivity index (χ1n) is 2.30. The molecule has 3 heteroatoms. The van der Waals surface area contributed by atoms with E-state index in [2.05, 4.69) is 4.74 Å². The maximum atomic E-state index is 5.21. The number of nitrogens with two attached hydrogens (primary N) is 1. The first-order chi connectivity index (χ1) is 3.77. The summed E-state index contributed by atoms with van der Waals surface area (Å²) in [6.07, 6.45) is 1.45. The van der Waals surface area contributed by atoms with Gasteiger partial charge in [0.1, 0.15) is 6.26 Å². The molecule has 0 radical (unpaired) electrons. The van der Waals surface area contributed by atoms with Crippen LogP contribution in [0.3, 0.4) is 0 Å². The Morgan fingerprint density at radius 1 is 1.75 bits per heavy atom. The summed E-state index contributed by atoms with van der Waals surface area (Å²) in [4.78, 5) is 0. The predicted molar refractivity (Wildman–Crippen MR) is 30.9 cm³/mol. The molecular formula is C5H11NO2. The molecule has 0 aromatic rings. The molecule has 3 nitrogen and oxygen atoms in total. The van der Waals surface area contributed by atoms with Gasteiger partial charge in [-0.3, -0.25) is 0 Å². The fraction of sp³-hybridized carbons (Fsp3) is 0.600. The number of methoxy groups -OCH3 is 1. The molecule has 0 aliphatic rings. The molecule has 0 rings (SSSR count). The van der Waals surface area contributed by atoms with Gasteiger partial charge in [0.05, 0.1) is 0 Å². The van der Waals surface area contributed by atoms with E-state index < -0.39 is 0 Å². The topological polar surface area (TPSA) is 44.5 Å². The van der Waals surface area contributed by atoms with Crippen molar-refractivity contribution in [1.82, 2.24) is 0 Å². The molecule has 0 aliphatic carbocycles. The lowest BCUT2D eigenvalue weighted by atomic mass is 10.6. The van der Waals surface area contributed by atoms with Crippen LogP contribution >= 0.6 is 0 Å². The summed E-state index contributed by atoms with van der Waals surface area (Å²) >= 11 is 0. The number of allylic oxidation sites excluding steroid dienone is 1. The monoisotopic (exact) mass is 117 g/mol. The Hall–Kier alpha value is -0.700. The summed E-state index contributed by atoms with van der Waals surface area (Å²) in [7, 11) is 1.56. The SMILES string of the molecule is COCO/C=C(/C)N. The van der Waals surface area contributed by atoms with E-state index in [1.54, 1.807) is 14.0 Å². The molecule has 0 unspecified atom stereocenters. The Morgan fingerprint density at radius 2 is 2.38 bits per heavy atom. The smallest absolute Gasteiger partial charge is 0.187 e. The number of rotatable bonds is 3. The fourth-order valence-corrected chi connectivity index (χ4v) is 0.234. The molecule has 0 heterocycles. The zero-order chi connectivity index (χ0) is 6.41. The fourth-order valence-electron chi connectivity index (χ4n) is 0.234. The van der Waals surface area contributed by atoms with E-state index in [0.717, 1.165) is 0 Å². The van der Waals surface area contributed by atoms with Gasteiger partial charge in [0, 0.05) is 12.8 Å². The van der Waals surface area contributed by atoms with Crippen LogP contribution < -0.4 is 5.73 Å². The lowest BCUT2D eigenvalue weighted by molar-refractivity contribution is 0.0189. The van der Waals surface area contributed by atoms with Crippen molar-refractivity contribution < 1.29 is 9.47 Å². The van der Waals surface area contributed by atoms with E-state index in [1.165, 1.54) is 6.26 Å². The second kappa shape index (κ2) is 4.46. The number of ether oxygens (including phenoxy) is 2. The van der Waals surface area contributed by atoms with Gasteiger partial charge in [-0.1, -0.05) is 0 Å². The summed E-state index contributed by atoms with van der Waals surface area (Å²) in [5, 5.41) is 0. The van der Waals surface area contributed by atoms with Crippen molar-refractivity contribution in [2.24, 2.45) is 5.73 Å². The molecule has 0 aromatic carbocycles. The molecule has 0 spiro atoms. The molecule has 0 amide bonds. The largest absolute Gasteiger partial charge is 0.473 e. The molecule has 0 atom stereocenters. The zero-order valence-electron chi connectivity index (χ0n) is 5.18. The predicted octanol–water partition coefficient (Wildman–Crippen LogP) is 0.427. The molecule has 0 aliphatic heterocycles. The second-order valence-electron chi connectivity index (χ2n) is 1.44. The average molecular weight is 117 g/mol.